The summed E-state index contributed by atoms with van der Waals surface area (Å²) in [5.41, 5.74) is 4.66. The van der Waals surface area contributed by atoms with Crippen LogP contribution in [-0.2, 0) is 19.4 Å². The molecule has 2 aliphatic rings. The molecule has 0 amide bonds. The summed E-state index contributed by atoms with van der Waals surface area (Å²) in [6.07, 6.45) is 11.5. The Balaban J connectivity index is 1.33. The first-order chi connectivity index (χ1) is 12.9. The maximum atomic E-state index is 4.80. The molecule has 6 heteroatoms. The van der Waals surface area contributed by atoms with E-state index in [0.717, 1.165) is 49.6 Å². The molecule has 3 aromatic heterocycles. The van der Waals surface area contributed by atoms with Crippen molar-refractivity contribution in [1.82, 2.24) is 24.7 Å². The number of pyridine rings is 1. The first kappa shape index (κ1) is 15.5. The highest BCUT2D eigenvalue weighted by Gasteiger charge is 2.25. The molecule has 5 rings (SSSR count). The second kappa shape index (κ2) is 6.52. The standard InChI is InChI=1S/C20H22N6/c1-4-16-18(5-1)23-19(15-3-2-9-21-13-15)24-20(16)22-10-12-26-11-8-17(25-26)14-6-7-14/h2-3,8-9,11,13-14H,1,4-7,10,12H2,(H,22,23,24). The summed E-state index contributed by atoms with van der Waals surface area (Å²) in [7, 11) is 0. The van der Waals surface area contributed by atoms with E-state index in [9.17, 15) is 0 Å². The number of nitrogens with zero attached hydrogens (tertiary/aromatic N) is 5. The fourth-order valence-corrected chi connectivity index (χ4v) is 3.59. The van der Waals surface area contributed by atoms with Gasteiger partial charge in [-0.25, -0.2) is 9.97 Å². The van der Waals surface area contributed by atoms with Crippen molar-refractivity contribution in [1.29, 1.82) is 0 Å². The molecular formula is C20H22N6. The minimum atomic E-state index is 0.705. The number of rotatable bonds is 6. The molecule has 1 fully saturated rings. The lowest BCUT2D eigenvalue weighted by atomic mass is 10.2. The number of hydrogen-bond donors (Lipinski definition) is 1. The van der Waals surface area contributed by atoms with E-state index in [1.807, 2.05) is 23.0 Å². The third-order valence-corrected chi connectivity index (χ3v) is 5.14. The van der Waals surface area contributed by atoms with Crippen LogP contribution >= 0.6 is 0 Å². The second-order valence-corrected chi connectivity index (χ2v) is 7.12. The van der Waals surface area contributed by atoms with Crippen molar-refractivity contribution in [2.75, 3.05) is 11.9 Å². The van der Waals surface area contributed by atoms with Crippen molar-refractivity contribution in [3.05, 3.63) is 53.7 Å². The second-order valence-electron chi connectivity index (χ2n) is 7.12. The lowest BCUT2D eigenvalue weighted by Crippen LogP contribution is -2.14. The molecular weight excluding hydrogens is 324 g/mol. The molecule has 0 atom stereocenters. The van der Waals surface area contributed by atoms with Gasteiger partial charge < -0.3 is 5.32 Å². The van der Waals surface area contributed by atoms with Crippen LogP contribution in [0.4, 0.5) is 5.82 Å². The minimum absolute atomic E-state index is 0.705. The zero-order valence-electron chi connectivity index (χ0n) is 14.7. The summed E-state index contributed by atoms with van der Waals surface area (Å²) in [4.78, 5) is 13.8. The Morgan fingerprint density at radius 2 is 2.12 bits per heavy atom. The molecule has 0 bridgehead atoms. The zero-order chi connectivity index (χ0) is 17.3. The van der Waals surface area contributed by atoms with E-state index in [0.29, 0.717) is 5.92 Å². The predicted octanol–water partition coefficient (Wildman–Crippen LogP) is 3.21. The van der Waals surface area contributed by atoms with Gasteiger partial charge in [0.25, 0.3) is 0 Å². The lowest BCUT2D eigenvalue weighted by molar-refractivity contribution is 0.626. The molecule has 0 unspecified atom stereocenters. The Hall–Kier alpha value is -2.76. The maximum Gasteiger partial charge on any atom is 0.163 e. The van der Waals surface area contributed by atoms with Gasteiger partial charge in [0.2, 0.25) is 0 Å². The Morgan fingerprint density at radius 3 is 2.96 bits per heavy atom. The van der Waals surface area contributed by atoms with Crippen LogP contribution < -0.4 is 5.32 Å². The Bertz CT molecular complexity index is 913. The highest BCUT2D eigenvalue weighted by atomic mass is 15.3. The van der Waals surface area contributed by atoms with Gasteiger partial charge in [-0.05, 0) is 50.3 Å². The number of nitrogens with one attached hydrogen (secondary N) is 1. The van der Waals surface area contributed by atoms with Crippen molar-refractivity contribution in [2.24, 2.45) is 0 Å². The summed E-state index contributed by atoms with van der Waals surface area (Å²) >= 11 is 0. The molecule has 3 aromatic rings. The average molecular weight is 346 g/mol. The van der Waals surface area contributed by atoms with Gasteiger partial charge in [-0.3, -0.25) is 9.67 Å². The normalized spacial score (nSPS) is 15.8. The van der Waals surface area contributed by atoms with E-state index in [2.05, 4.69) is 27.7 Å². The van der Waals surface area contributed by atoms with Crippen molar-refractivity contribution in [3.8, 4) is 11.4 Å². The zero-order valence-corrected chi connectivity index (χ0v) is 14.7. The lowest BCUT2D eigenvalue weighted by Gasteiger charge is -2.12. The van der Waals surface area contributed by atoms with Crippen LogP contribution in [-0.4, -0.2) is 31.3 Å². The third kappa shape index (κ3) is 3.07. The topological polar surface area (TPSA) is 68.5 Å². The summed E-state index contributed by atoms with van der Waals surface area (Å²) in [6, 6.07) is 6.09. The van der Waals surface area contributed by atoms with Crippen LogP contribution in [0.5, 0.6) is 0 Å². The van der Waals surface area contributed by atoms with Gasteiger partial charge >= 0.3 is 0 Å². The van der Waals surface area contributed by atoms with E-state index >= 15 is 0 Å². The van der Waals surface area contributed by atoms with Gasteiger partial charge in [0.05, 0.1) is 12.2 Å². The van der Waals surface area contributed by atoms with E-state index in [1.54, 1.807) is 6.20 Å². The molecule has 2 aliphatic carbocycles. The quantitative estimate of drug-likeness (QED) is 0.742. The molecule has 1 N–H and O–H groups in total. The van der Waals surface area contributed by atoms with Crippen LogP contribution in [0.15, 0.2) is 36.8 Å². The van der Waals surface area contributed by atoms with Crippen LogP contribution in [0.2, 0.25) is 0 Å². The highest BCUT2D eigenvalue weighted by molar-refractivity contribution is 5.59. The van der Waals surface area contributed by atoms with Crippen molar-refractivity contribution in [2.45, 2.75) is 44.6 Å². The SMILES string of the molecule is c1cncc(-c2nc3c(c(NCCn4ccc(C5CC5)n4)n2)CCC3)c1. The van der Waals surface area contributed by atoms with Gasteiger partial charge in [-0.15, -0.1) is 0 Å². The number of fused-ring (bicyclic) bond motifs is 1. The van der Waals surface area contributed by atoms with E-state index in [1.165, 1.54) is 29.8 Å². The molecule has 0 radical (unpaired) electrons. The fraction of sp³-hybridized carbons (Fsp3) is 0.400. The van der Waals surface area contributed by atoms with Crippen molar-refractivity contribution < 1.29 is 0 Å². The molecule has 0 aromatic carbocycles. The van der Waals surface area contributed by atoms with Crippen LogP contribution in [0.25, 0.3) is 11.4 Å². The number of aromatic nitrogens is 5. The van der Waals surface area contributed by atoms with Gasteiger partial charge in [0.15, 0.2) is 5.82 Å². The van der Waals surface area contributed by atoms with E-state index < -0.39 is 0 Å². The van der Waals surface area contributed by atoms with Gasteiger partial charge in [-0.1, -0.05) is 0 Å². The smallest absolute Gasteiger partial charge is 0.163 e. The van der Waals surface area contributed by atoms with Crippen LogP contribution in [0.1, 0.15) is 42.1 Å². The fourth-order valence-electron chi connectivity index (χ4n) is 3.59. The average Bonchev–Trinajstić information content (AvgIpc) is 3.23. The molecule has 26 heavy (non-hydrogen) atoms. The highest BCUT2D eigenvalue weighted by Crippen LogP contribution is 2.38. The molecule has 0 spiro atoms. The first-order valence-electron chi connectivity index (χ1n) is 9.44. The first-order valence-corrected chi connectivity index (χ1v) is 9.44. The molecule has 132 valence electrons. The van der Waals surface area contributed by atoms with Gasteiger partial charge in [0.1, 0.15) is 5.82 Å². The summed E-state index contributed by atoms with van der Waals surface area (Å²) in [5, 5.41) is 8.20. The number of aryl methyl sites for hydroxylation is 1. The van der Waals surface area contributed by atoms with Gasteiger partial charge in [-0.2, -0.15) is 5.10 Å². The summed E-state index contributed by atoms with van der Waals surface area (Å²) < 4.78 is 2.03. The van der Waals surface area contributed by atoms with Crippen LogP contribution in [0, 0.1) is 0 Å². The van der Waals surface area contributed by atoms with Crippen LogP contribution in [0.3, 0.4) is 0 Å². The summed E-state index contributed by atoms with van der Waals surface area (Å²) in [6.45, 7) is 1.65. The number of anilines is 1. The van der Waals surface area contributed by atoms with Crippen molar-refractivity contribution in [3.63, 3.8) is 0 Å². The Labute approximate surface area is 152 Å². The maximum absolute atomic E-state index is 4.80. The van der Waals surface area contributed by atoms with E-state index in [4.69, 9.17) is 9.97 Å². The summed E-state index contributed by atoms with van der Waals surface area (Å²) in [5.74, 6) is 2.44. The third-order valence-electron chi connectivity index (χ3n) is 5.14. The van der Waals surface area contributed by atoms with Gasteiger partial charge in [0, 0.05) is 47.9 Å². The number of hydrogen-bond acceptors (Lipinski definition) is 5. The van der Waals surface area contributed by atoms with E-state index in [-0.39, 0.29) is 0 Å². The monoisotopic (exact) mass is 346 g/mol. The minimum Gasteiger partial charge on any atom is -0.368 e. The largest absolute Gasteiger partial charge is 0.368 e. The molecule has 3 heterocycles. The molecule has 6 nitrogen and oxygen atoms in total. The molecule has 0 saturated heterocycles. The Morgan fingerprint density at radius 1 is 1.15 bits per heavy atom. The molecule has 1 saturated carbocycles. The van der Waals surface area contributed by atoms with Crippen molar-refractivity contribution >= 4 is 5.82 Å². The predicted molar refractivity (Wildman–Crippen MR) is 100.0 cm³/mol. The Kier molecular flexibility index (Phi) is 3.88. The molecule has 0 aliphatic heterocycles.